The van der Waals surface area contributed by atoms with Crippen molar-refractivity contribution in [3.05, 3.63) is 16.0 Å². The molecule has 0 saturated heterocycles. The first-order valence-corrected chi connectivity index (χ1v) is 8.53. The molecule has 0 bridgehead atoms. The maximum Gasteiger partial charge on any atom is 0.144 e. The van der Waals surface area contributed by atoms with Crippen LogP contribution in [0.2, 0.25) is 0 Å². The lowest BCUT2D eigenvalue weighted by atomic mass is 10.3. The minimum atomic E-state index is 0.495. The molecule has 0 saturated carbocycles. The third-order valence-corrected chi connectivity index (χ3v) is 4.36. The molecular formula is C13H22BrN3OS. The molecule has 0 radical (unpaired) electrons. The molecular weight excluding hydrogens is 326 g/mol. The highest BCUT2D eigenvalue weighted by Gasteiger charge is 2.11. The summed E-state index contributed by atoms with van der Waals surface area (Å²) in [5, 5.41) is 3.33. The van der Waals surface area contributed by atoms with Crippen LogP contribution in [0.25, 0.3) is 0 Å². The maximum atomic E-state index is 5.19. The maximum absolute atomic E-state index is 5.19. The van der Waals surface area contributed by atoms with Gasteiger partial charge in [0.2, 0.25) is 0 Å². The third kappa shape index (κ3) is 5.67. The monoisotopic (exact) mass is 347 g/mol. The average molecular weight is 348 g/mol. The minimum Gasteiger partial charge on any atom is -0.378 e. The largest absolute Gasteiger partial charge is 0.378 e. The second-order valence-corrected chi connectivity index (χ2v) is 6.06. The molecule has 0 amide bonds. The molecule has 0 atom stereocenters. The van der Waals surface area contributed by atoms with Crippen molar-refractivity contribution in [3.63, 3.8) is 0 Å². The number of ether oxygens (including phenoxy) is 1. The van der Waals surface area contributed by atoms with Gasteiger partial charge in [-0.25, -0.2) is 9.97 Å². The van der Waals surface area contributed by atoms with Crippen molar-refractivity contribution >= 4 is 33.5 Å². The number of methoxy groups -OCH3 is 1. The first-order valence-electron chi connectivity index (χ1n) is 6.58. The van der Waals surface area contributed by atoms with Gasteiger partial charge in [0.1, 0.15) is 11.6 Å². The van der Waals surface area contributed by atoms with E-state index in [1.165, 1.54) is 6.42 Å². The van der Waals surface area contributed by atoms with Crippen LogP contribution >= 0.6 is 27.7 Å². The van der Waals surface area contributed by atoms with E-state index in [4.69, 9.17) is 4.74 Å². The summed E-state index contributed by atoms with van der Waals surface area (Å²) in [6.07, 6.45) is 2.24. The zero-order valence-electron chi connectivity index (χ0n) is 11.8. The van der Waals surface area contributed by atoms with E-state index in [0.717, 1.165) is 46.3 Å². The van der Waals surface area contributed by atoms with Crippen molar-refractivity contribution in [2.24, 2.45) is 0 Å². The molecule has 1 heterocycles. The Morgan fingerprint density at radius 1 is 1.26 bits per heavy atom. The lowest BCUT2D eigenvalue weighted by molar-refractivity contribution is 0.180. The molecule has 0 aromatic carbocycles. The molecule has 0 aliphatic rings. The molecule has 1 aromatic rings. The van der Waals surface area contributed by atoms with Gasteiger partial charge in [-0.15, -0.1) is 0 Å². The Morgan fingerprint density at radius 2 is 2.05 bits per heavy atom. The lowest BCUT2D eigenvalue weighted by Gasteiger charge is -2.12. The normalized spacial score (nSPS) is 10.7. The molecule has 0 aliphatic carbocycles. The van der Waals surface area contributed by atoms with Crippen LogP contribution in [-0.4, -0.2) is 29.4 Å². The van der Waals surface area contributed by atoms with Gasteiger partial charge in [0, 0.05) is 13.7 Å². The highest BCUT2D eigenvalue weighted by Crippen LogP contribution is 2.25. The Bertz CT molecular complexity index is 390. The topological polar surface area (TPSA) is 47.0 Å². The molecule has 0 aliphatic heterocycles. The highest BCUT2D eigenvalue weighted by molar-refractivity contribution is 9.10. The van der Waals surface area contributed by atoms with Gasteiger partial charge in [-0.1, -0.05) is 13.8 Å². The van der Waals surface area contributed by atoms with Gasteiger partial charge in [0.25, 0.3) is 0 Å². The number of anilines is 1. The summed E-state index contributed by atoms with van der Waals surface area (Å²) in [4.78, 5) is 9.14. The van der Waals surface area contributed by atoms with Gasteiger partial charge in [-0.2, -0.15) is 11.8 Å². The molecule has 6 heteroatoms. The molecule has 0 spiro atoms. The first kappa shape index (κ1) is 16.7. The van der Waals surface area contributed by atoms with Crippen LogP contribution in [-0.2, 0) is 17.1 Å². The number of hydrogen-bond acceptors (Lipinski definition) is 5. The number of rotatable bonds is 9. The van der Waals surface area contributed by atoms with Crippen molar-refractivity contribution in [2.45, 2.75) is 39.0 Å². The van der Waals surface area contributed by atoms with Crippen LogP contribution in [0.15, 0.2) is 4.47 Å². The Kier molecular flexibility index (Phi) is 8.41. The molecule has 1 aromatic heterocycles. The van der Waals surface area contributed by atoms with Gasteiger partial charge >= 0.3 is 0 Å². The Labute approximate surface area is 128 Å². The molecule has 1 rings (SSSR count). The van der Waals surface area contributed by atoms with E-state index in [0.29, 0.717) is 6.61 Å². The van der Waals surface area contributed by atoms with Gasteiger partial charge < -0.3 is 10.1 Å². The van der Waals surface area contributed by atoms with E-state index in [2.05, 4.69) is 45.1 Å². The lowest BCUT2D eigenvalue weighted by Crippen LogP contribution is -2.09. The quantitative estimate of drug-likeness (QED) is 0.687. The zero-order valence-corrected chi connectivity index (χ0v) is 14.2. The van der Waals surface area contributed by atoms with Crippen molar-refractivity contribution in [1.82, 2.24) is 9.97 Å². The zero-order chi connectivity index (χ0) is 14.1. The smallest absolute Gasteiger partial charge is 0.144 e. The Morgan fingerprint density at radius 3 is 2.68 bits per heavy atom. The van der Waals surface area contributed by atoms with Gasteiger partial charge in [0.05, 0.1) is 22.5 Å². The Hall–Kier alpha value is -0.330. The van der Waals surface area contributed by atoms with Crippen molar-refractivity contribution < 1.29 is 4.74 Å². The van der Waals surface area contributed by atoms with Crippen LogP contribution in [0.4, 0.5) is 5.82 Å². The summed E-state index contributed by atoms with van der Waals surface area (Å²) in [5.74, 6) is 3.72. The van der Waals surface area contributed by atoms with Gasteiger partial charge in [-0.05, 0) is 34.5 Å². The SMILES string of the molecule is CCCNc1nc(CSCCC)nc(COC)c1Br. The highest BCUT2D eigenvalue weighted by atomic mass is 79.9. The minimum absolute atomic E-state index is 0.495. The van der Waals surface area contributed by atoms with Gasteiger partial charge in [-0.3, -0.25) is 0 Å². The van der Waals surface area contributed by atoms with E-state index in [1.54, 1.807) is 7.11 Å². The molecule has 108 valence electrons. The number of aromatic nitrogens is 2. The third-order valence-electron chi connectivity index (χ3n) is 2.37. The van der Waals surface area contributed by atoms with Gasteiger partial charge in [0.15, 0.2) is 0 Å². The molecule has 4 nitrogen and oxygen atoms in total. The summed E-state index contributed by atoms with van der Waals surface area (Å²) in [6, 6.07) is 0. The van der Waals surface area contributed by atoms with Crippen LogP contribution in [0.5, 0.6) is 0 Å². The fourth-order valence-corrected chi connectivity index (χ4v) is 2.69. The average Bonchev–Trinajstić information content (AvgIpc) is 2.41. The summed E-state index contributed by atoms with van der Waals surface area (Å²) >= 11 is 5.42. The standard InChI is InChI=1S/C13H22BrN3OS/c1-4-6-15-13-12(14)10(8-18-3)16-11(17-13)9-19-7-5-2/h4-9H2,1-3H3,(H,15,16,17). The summed E-state index contributed by atoms with van der Waals surface area (Å²) in [5.41, 5.74) is 0.906. The second-order valence-electron chi connectivity index (χ2n) is 4.16. The second kappa shape index (κ2) is 9.55. The van der Waals surface area contributed by atoms with Crippen molar-refractivity contribution in [2.75, 3.05) is 24.7 Å². The predicted octanol–water partition coefficient (Wildman–Crippen LogP) is 3.85. The number of nitrogens with one attached hydrogen (secondary N) is 1. The fraction of sp³-hybridized carbons (Fsp3) is 0.692. The molecule has 19 heavy (non-hydrogen) atoms. The van der Waals surface area contributed by atoms with Crippen molar-refractivity contribution in [1.29, 1.82) is 0 Å². The van der Waals surface area contributed by atoms with Crippen LogP contribution in [0.1, 0.15) is 38.2 Å². The van der Waals surface area contributed by atoms with E-state index in [1.807, 2.05) is 11.8 Å². The van der Waals surface area contributed by atoms with E-state index in [9.17, 15) is 0 Å². The van der Waals surface area contributed by atoms with Crippen LogP contribution in [0.3, 0.4) is 0 Å². The number of hydrogen-bond donors (Lipinski definition) is 1. The predicted molar refractivity (Wildman–Crippen MR) is 85.7 cm³/mol. The van der Waals surface area contributed by atoms with E-state index in [-0.39, 0.29) is 0 Å². The molecule has 0 fully saturated rings. The summed E-state index contributed by atoms with van der Waals surface area (Å²) in [7, 11) is 1.68. The fourth-order valence-electron chi connectivity index (χ4n) is 1.51. The molecule has 0 unspecified atom stereocenters. The number of thioether (sulfide) groups is 1. The first-order chi connectivity index (χ1) is 9.22. The number of halogens is 1. The Balaban J connectivity index is 2.87. The summed E-state index contributed by atoms with van der Waals surface area (Å²) in [6.45, 7) is 5.72. The van der Waals surface area contributed by atoms with Crippen LogP contribution < -0.4 is 5.32 Å². The summed E-state index contributed by atoms with van der Waals surface area (Å²) < 4.78 is 6.10. The van der Waals surface area contributed by atoms with Crippen LogP contribution in [0, 0.1) is 0 Å². The molecule has 1 N–H and O–H groups in total. The van der Waals surface area contributed by atoms with Crippen molar-refractivity contribution in [3.8, 4) is 0 Å². The van der Waals surface area contributed by atoms with E-state index >= 15 is 0 Å². The van der Waals surface area contributed by atoms with E-state index < -0.39 is 0 Å². The number of nitrogens with zero attached hydrogens (tertiary/aromatic N) is 2.